The molecule has 19 heteroatoms. The molecule has 0 saturated heterocycles. The van der Waals surface area contributed by atoms with Crippen molar-refractivity contribution >= 4 is 29.6 Å². The van der Waals surface area contributed by atoms with Gasteiger partial charge in [-0.05, 0) is 0 Å². The standard InChI is InChI=1S/18FH.Na.H/h18*1H;;. The average Bonchev–Trinajstić information content (AvgIpc) is 0. The first kappa shape index (κ1) is 87200. The van der Waals surface area contributed by atoms with E-state index in [-0.39, 0.29) is 114 Å². The molecule has 0 aliphatic heterocycles. The first-order valence-electron chi connectivity index (χ1n) is 0. The van der Waals surface area contributed by atoms with Crippen molar-refractivity contribution in [3.8, 4) is 0 Å². The molecule has 0 nitrogen and oxygen atoms in total. The SMILES string of the molecule is F.F.F.F.F.F.F.F.F.F.F.F.F.F.F.F.F.F.[NaH]. The third-order valence-electron chi connectivity index (χ3n) is 0. The minimum atomic E-state index is 0. The second-order valence-electron chi connectivity index (χ2n) is 0. The Bertz CT molecular complexity index is 5.65. The van der Waals surface area contributed by atoms with Crippen LogP contribution in [0.5, 0.6) is 0 Å². The molecule has 19 heavy (non-hydrogen) atoms. The summed E-state index contributed by atoms with van der Waals surface area (Å²) in [6.07, 6.45) is 0. The predicted molar refractivity (Wildman–Crippen MR) is 52.2 cm³/mol. The number of hydrogen-bond acceptors (Lipinski definition) is 0. The van der Waals surface area contributed by atoms with Gasteiger partial charge in [0.2, 0.25) is 0 Å². The van der Waals surface area contributed by atoms with Crippen molar-refractivity contribution in [1.82, 2.24) is 0 Å². The van der Waals surface area contributed by atoms with Gasteiger partial charge in [-0.3, -0.25) is 84.7 Å². The van der Waals surface area contributed by atoms with Crippen LogP contribution in [0.1, 0.15) is 0 Å². The van der Waals surface area contributed by atoms with E-state index in [0.29, 0.717) is 0 Å². The van der Waals surface area contributed by atoms with Gasteiger partial charge in [0.05, 0.1) is 0 Å². The fourth-order valence-corrected chi connectivity index (χ4v) is 0. The summed E-state index contributed by atoms with van der Waals surface area (Å²) in [6, 6.07) is 0. The van der Waals surface area contributed by atoms with Crippen LogP contribution in [-0.2, 0) is 0 Å². The Morgan fingerprint density at radius 3 is 0.105 bits per heavy atom. The molecule has 0 bridgehead atoms. The van der Waals surface area contributed by atoms with Crippen LogP contribution in [0, 0.1) is 0 Å². The minimum absolute atomic E-state index is 0. The fourth-order valence-electron chi connectivity index (χ4n) is 0. The van der Waals surface area contributed by atoms with Crippen LogP contribution < -0.4 is 0 Å². The molecule has 0 aliphatic carbocycles. The molecule has 0 fully saturated rings. The molecule has 0 amide bonds. The van der Waals surface area contributed by atoms with Gasteiger partial charge in [-0.1, -0.05) is 0 Å². The van der Waals surface area contributed by atoms with Gasteiger partial charge in [0.15, 0.2) is 0 Å². The Morgan fingerprint density at radius 2 is 0.105 bits per heavy atom. The Morgan fingerprint density at radius 1 is 0.105 bits per heavy atom. The van der Waals surface area contributed by atoms with Crippen LogP contribution in [0.15, 0.2) is 0 Å². The topological polar surface area (TPSA) is 0 Å². The molecule has 146 valence electrons. The zero-order valence-corrected chi connectivity index (χ0v) is 7.35. The zero-order valence-electron chi connectivity index (χ0n) is 7.35. The van der Waals surface area contributed by atoms with Gasteiger partial charge in [-0.15, -0.1) is 0 Å². The molecule has 0 unspecified atom stereocenters. The van der Waals surface area contributed by atoms with E-state index in [2.05, 4.69) is 0 Å². The molecule has 0 aromatic rings. The van der Waals surface area contributed by atoms with Crippen molar-refractivity contribution in [2.45, 2.75) is 0 Å². The second-order valence-corrected chi connectivity index (χ2v) is 0. The molecule has 0 spiro atoms. The third kappa shape index (κ3) is 65000. The third-order valence-corrected chi connectivity index (χ3v) is 0. The van der Waals surface area contributed by atoms with E-state index in [1.54, 1.807) is 0 Å². The maximum atomic E-state index is 0. The molecule has 0 N–H and O–H groups in total. The molecule has 0 radical (unpaired) electrons. The molecule has 0 atom stereocenters. The van der Waals surface area contributed by atoms with Crippen molar-refractivity contribution in [2.75, 3.05) is 0 Å². The van der Waals surface area contributed by atoms with Crippen LogP contribution >= 0.6 is 0 Å². The maximum absolute atomic E-state index is 0. The molecule has 0 heterocycles. The van der Waals surface area contributed by atoms with Gasteiger partial charge in [0.1, 0.15) is 0 Å². The van der Waals surface area contributed by atoms with E-state index in [4.69, 9.17) is 0 Å². The van der Waals surface area contributed by atoms with E-state index >= 15 is 0 Å². The molecule has 0 saturated carbocycles. The second kappa shape index (κ2) is 73500. The molecule has 0 aromatic heterocycles. The molecular weight excluding hydrogens is 365 g/mol. The molecular formula is H19F18Na. The van der Waals surface area contributed by atoms with Crippen molar-refractivity contribution in [2.24, 2.45) is 0 Å². The summed E-state index contributed by atoms with van der Waals surface area (Å²) >= 11 is 0. The monoisotopic (exact) mass is 384 g/mol. The van der Waals surface area contributed by atoms with Gasteiger partial charge < -0.3 is 0 Å². The van der Waals surface area contributed by atoms with Gasteiger partial charge in [-0.25, -0.2) is 0 Å². The normalized spacial score (nSPS) is 0. The van der Waals surface area contributed by atoms with Crippen molar-refractivity contribution in [3.63, 3.8) is 0 Å². The summed E-state index contributed by atoms with van der Waals surface area (Å²) in [6.45, 7) is 0. The summed E-state index contributed by atoms with van der Waals surface area (Å²) < 4.78 is 0. The quantitative estimate of drug-likeness (QED) is 0.444. The van der Waals surface area contributed by atoms with Crippen molar-refractivity contribution in [1.29, 1.82) is 0 Å². The zero-order chi connectivity index (χ0) is 0. The van der Waals surface area contributed by atoms with E-state index in [0.717, 1.165) is 0 Å². The summed E-state index contributed by atoms with van der Waals surface area (Å²) in [5.41, 5.74) is 0. The summed E-state index contributed by atoms with van der Waals surface area (Å²) in [4.78, 5) is 0. The van der Waals surface area contributed by atoms with E-state index in [9.17, 15) is 0 Å². The van der Waals surface area contributed by atoms with Crippen LogP contribution in [0.4, 0.5) is 84.7 Å². The molecule has 0 rings (SSSR count). The Kier molecular flexibility index (Phi) is 338000000. The number of halogens is 18. The summed E-state index contributed by atoms with van der Waals surface area (Å²) in [5, 5.41) is 0. The van der Waals surface area contributed by atoms with Gasteiger partial charge in [-0.2, -0.15) is 0 Å². The van der Waals surface area contributed by atoms with Crippen LogP contribution in [0.25, 0.3) is 0 Å². The van der Waals surface area contributed by atoms with Crippen molar-refractivity contribution in [3.05, 3.63) is 0 Å². The van der Waals surface area contributed by atoms with E-state index in [1.165, 1.54) is 0 Å². The van der Waals surface area contributed by atoms with Gasteiger partial charge in [0, 0.05) is 0 Å². The summed E-state index contributed by atoms with van der Waals surface area (Å²) in [7, 11) is 0. The van der Waals surface area contributed by atoms with Gasteiger partial charge in [0.25, 0.3) is 0 Å². The Balaban J connectivity index is 0. The van der Waals surface area contributed by atoms with Gasteiger partial charge >= 0.3 is 29.6 Å². The predicted octanol–water partition coefficient (Wildman–Crippen LogP) is 2.10. The average molecular weight is 384 g/mol. The number of rotatable bonds is 0. The van der Waals surface area contributed by atoms with Crippen LogP contribution in [0.2, 0.25) is 0 Å². The first-order valence-corrected chi connectivity index (χ1v) is 0. The molecule has 0 aromatic carbocycles. The van der Waals surface area contributed by atoms with Crippen LogP contribution in [-0.4, -0.2) is 29.6 Å². The Labute approximate surface area is 115 Å². The Hall–Kier alpha value is -0.260. The summed E-state index contributed by atoms with van der Waals surface area (Å²) in [5.74, 6) is 0. The first-order chi connectivity index (χ1) is 0. The van der Waals surface area contributed by atoms with Crippen molar-refractivity contribution < 1.29 is 84.7 Å². The van der Waals surface area contributed by atoms with Crippen LogP contribution in [0.3, 0.4) is 0 Å². The molecule has 0 aliphatic rings. The van der Waals surface area contributed by atoms with E-state index in [1.807, 2.05) is 0 Å². The van der Waals surface area contributed by atoms with E-state index < -0.39 is 0 Å². The number of hydrogen-bond donors (Lipinski definition) is 0. The fraction of sp³-hybridized carbons (Fsp3) is 0.